The maximum Gasteiger partial charge on any atom is 0.322 e. The van der Waals surface area contributed by atoms with Crippen LogP contribution in [-0.4, -0.2) is 36.1 Å². The Hall–Kier alpha value is -2.93. The van der Waals surface area contributed by atoms with E-state index in [-0.39, 0.29) is 23.9 Å². The van der Waals surface area contributed by atoms with Gasteiger partial charge in [0.25, 0.3) is 5.91 Å². The number of nitrogens with one attached hydrogen (secondary N) is 2. The van der Waals surface area contributed by atoms with Gasteiger partial charge in [0.2, 0.25) is 0 Å². The number of hydrogen-bond donors (Lipinski definition) is 2. The van der Waals surface area contributed by atoms with Crippen LogP contribution in [0.5, 0.6) is 0 Å². The SMILES string of the molecule is O=C(NCC1CCCO1)c1ccc(NC(=O)N2Cc3ccc(F)cc3C2)cc1. The first-order chi connectivity index (χ1) is 13.6. The van der Waals surface area contributed by atoms with E-state index in [2.05, 4.69) is 10.6 Å². The molecular weight excluding hydrogens is 361 g/mol. The van der Waals surface area contributed by atoms with Crippen molar-refractivity contribution in [2.24, 2.45) is 0 Å². The molecule has 7 heteroatoms. The van der Waals surface area contributed by atoms with Crippen LogP contribution < -0.4 is 10.6 Å². The molecule has 1 fully saturated rings. The molecule has 0 radical (unpaired) electrons. The van der Waals surface area contributed by atoms with Crippen molar-refractivity contribution in [2.45, 2.75) is 32.0 Å². The number of fused-ring (bicyclic) bond motifs is 1. The molecule has 0 aromatic heterocycles. The number of hydrogen-bond acceptors (Lipinski definition) is 3. The van der Waals surface area contributed by atoms with Crippen molar-refractivity contribution >= 4 is 17.6 Å². The van der Waals surface area contributed by atoms with Gasteiger partial charge in [-0.3, -0.25) is 4.79 Å². The van der Waals surface area contributed by atoms with E-state index in [9.17, 15) is 14.0 Å². The van der Waals surface area contributed by atoms with Gasteiger partial charge in [0.1, 0.15) is 5.82 Å². The molecule has 2 aliphatic heterocycles. The lowest BCUT2D eigenvalue weighted by molar-refractivity contribution is 0.0858. The van der Waals surface area contributed by atoms with E-state index < -0.39 is 0 Å². The minimum Gasteiger partial charge on any atom is -0.376 e. The number of nitrogens with zero attached hydrogens (tertiary/aromatic N) is 1. The summed E-state index contributed by atoms with van der Waals surface area (Å²) < 4.78 is 18.8. The van der Waals surface area contributed by atoms with E-state index >= 15 is 0 Å². The number of carbonyl (C=O) groups excluding carboxylic acids is 2. The third-order valence-electron chi connectivity index (χ3n) is 5.09. The third-order valence-corrected chi connectivity index (χ3v) is 5.09. The Morgan fingerprint density at radius 2 is 1.89 bits per heavy atom. The van der Waals surface area contributed by atoms with Crippen molar-refractivity contribution in [3.05, 3.63) is 65.0 Å². The molecule has 1 saturated heterocycles. The number of ether oxygens (including phenoxy) is 1. The Morgan fingerprint density at radius 1 is 1.11 bits per heavy atom. The van der Waals surface area contributed by atoms with Crippen molar-refractivity contribution < 1.29 is 18.7 Å². The summed E-state index contributed by atoms with van der Waals surface area (Å²) >= 11 is 0. The van der Waals surface area contributed by atoms with Gasteiger partial charge >= 0.3 is 6.03 Å². The molecule has 28 heavy (non-hydrogen) atoms. The van der Waals surface area contributed by atoms with E-state index in [1.54, 1.807) is 35.2 Å². The first kappa shape index (κ1) is 18.4. The molecule has 0 aliphatic carbocycles. The second kappa shape index (κ2) is 7.98. The van der Waals surface area contributed by atoms with E-state index in [1.165, 1.54) is 12.1 Å². The van der Waals surface area contributed by atoms with Gasteiger partial charge in [-0.15, -0.1) is 0 Å². The van der Waals surface area contributed by atoms with Gasteiger partial charge in [-0.25, -0.2) is 9.18 Å². The van der Waals surface area contributed by atoms with Gasteiger partial charge in [-0.2, -0.15) is 0 Å². The van der Waals surface area contributed by atoms with Crippen LogP contribution >= 0.6 is 0 Å². The predicted molar refractivity (Wildman–Crippen MR) is 102 cm³/mol. The average Bonchev–Trinajstić information content (AvgIpc) is 3.36. The first-order valence-electron chi connectivity index (χ1n) is 9.41. The first-order valence-corrected chi connectivity index (χ1v) is 9.41. The van der Waals surface area contributed by atoms with Crippen LogP contribution in [-0.2, 0) is 17.8 Å². The number of urea groups is 1. The molecule has 2 heterocycles. The van der Waals surface area contributed by atoms with Crippen molar-refractivity contribution in [2.75, 3.05) is 18.5 Å². The van der Waals surface area contributed by atoms with Gasteiger partial charge in [0.05, 0.1) is 6.10 Å². The lowest BCUT2D eigenvalue weighted by Crippen LogP contribution is -2.32. The van der Waals surface area contributed by atoms with Crippen LogP contribution in [0.1, 0.15) is 34.3 Å². The monoisotopic (exact) mass is 383 g/mol. The zero-order valence-corrected chi connectivity index (χ0v) is 15.4. The van der Waals surface area contributed by atoms with Gasteiger partial charge in [0.15, 0.2) is 0 Å². The molecule has 0 spiro atoms. The maximum atomic E-state index is 13.3. The van der Waals surface area contributed by atoms with Gasteiger partial charge in [-0.1, -0.05) is 6.07 Å². The zero-order chi connectivity index (χ0) is 19.5. The second-order valence-corrected chi connectivity index (χ2v) is 7.12. The van der Waals surface area contributed by atoms with Crippen LogP contribution in [0.4, 0.5) is 14.9 Å². The summed E-state index contributed by atoms with van der Waals surface area (Å²) in [6.45, 7) is 2.09. The Balaban J connectivity index is 1.30. The Morgan fingerprint density at radius 3 is 2.64 bits per heavy atom. The second-order valence-electron chi connectivity index (χ2n) is 7.12. The summed E-state index contributed by atoms with van der Waals surface area (Å²) in [5.74, 6) is -0.459. The number of amides is 3. The van der Waals surface area contributed by atoms with E-state index in [4.69, 9.17) is 4.74 Å². The summed E-state index contributed by atoms with van der Waals surface area (Å²) in [6.07, 6.45) is 2.10. The fourth-order valence-electron chi connectivity index (χ4n) is 3.53. The number of rotatable bonds is 4. The third kappa shape index (κ3) is 4.14. The molecule has 0 saturated carbocycles. The van der Waals surface area contributed by atoms with Crippen molar-refractivity contribution in [1.29, 1.82) is 0 Å². The maximum absolute atomic E-state index is 13.3. The normalized spacial score (nSPS) is 18.0. The highest BCUT2D eigenvalue weighted by atomic mass is 19.1. The Bertz CT molecular complexity index is 879. The quantitative estimate of drug-likeness (QED) is 0.851. The van der Waals surface area contributed by atoms with Crippen molar-refractivity contribution in [1.82, 2.24) is 10.2 Å². The summed E-state index contributed by atoms with van der Waals surface area (Å²) in [5, 5.41) is 5.69. The standard InChI is InChI=1S/C21H22FN3O3/c22-17-6-3-15-12-25(13-16(15)10-17)21(27)24-18-7-4-14(5-8-18)20(26)23-11-19-2-1-9-28-19/h3-8,10,19H,1-2,9,11-13H2,(H,23,26)(H,24,27). The van der Waals surface area contributed by atoms with E-state index in [0.717, 1.165) is 30.6 Å². The van der Waals surface area contributed by atoms with Gasteiger partial charge in [0, 0.05) is 37.5 Å². The van der Waals surface area contributed by atoms with E-state index in [0.29, 0.717) is 30.9 Å². The van der Waals surface area contributed by atoms with E-state index in [1.807, 2.05) is 0 Å². The highest BCUT2D eigenvalue weighted by Gasteiger charge is 2.23. The lowest BCUT2D eigenvalue weighted by atomic mass is 10.1. The molecule has 1 atom stereocenters. The molecule has 146 valence electrons. The van der Waals surface area contributed by atoms with Crippen molar-refractivity contribution in [3.63, 3.8) is 0 Å². The van der Waals surface area contributed by atoms with Crippen LogP contribution in [0.25, 0.3) is 0 Å². The fourth-order valence-corrected chi connectivity index (χ4v) is 3.53. The minimum atomic E-state index is -0.297. The molecule has 2 aromatic carbocycles. The highest BCUT2D eigenvalue weighted by molar-refractivity contribution is 5.95. The zero-order valence-electron chi connectivity index (χ0n) is 15.4. The molecule has 2 aromatic rings. The van der Waals surface area contributed by atoms with Crippen LogP contribution in [0.15, 0.2) is 42.5 Å². The summed E-state index contributed by atoms with van der Waals surface area (Å²) in [7, 11) is 0. The Labute approximate surface area is 162 Å². The lowest BCUT2D eigenvalue weighted by Gasteiger charge is -2.16. The Kier molecular flexibility index (Phi) is 5.25. The number of halogens is 1. The molecule has 1 unspecified atom stereocenters. The molecule has 3 amide bonds. The molecule has 2 aliphatic rings. The predicted octanol–water partition coefficient (Wildman–Crippen LogP) is 3.28. The van der Waals surface area contributed by atoms with Crippen LogP contribution in [0, 0.1) is 5.82 Å². The van der Waals surface area contributed by atoms with Gasteiger partial charge in [-0.05, 0) is 60.4 Å². The summed E-state index contributed by atoms with van der Waals surface area (Å²) in [5.41, 5.74) is 2.91. The molecule has 6 nitrogen and oxygen atoms in total. The minimum absolute atomic E-state index is 0.0978. The molecule has 4 rings (SSSR count). The highest BCUT2D eigenvalue weighted by Crippen LogP contribution is 2.24. The largest absolute Gasteiger partial charge is 0.376 e. The van der Waals surface area contributed by atoms with Crippen LogP contribution in [0.2, 0.25) is 0 Å². The molecular formula is C21H22FN3O3. The number of benzene rings is 2. The smallest absolute Gasteiger partial charge is 0.322 e. The van der Waals surface area contributed by atoms with Crippen LogP contribution in [0.3, 0.4) is 0 Å². The van der Waals surface area contributed by atoms with Gasteiger partial charge < -0.3 is 20.3 Å². The van der Waals surface area contributed by atoms with Crippen molar-refractivity contribution in [3.8, 4) is 0 Å². The molecule has 2 N–H and O–H groups in total. The fraction of sp³-hybridized carbons (Fsp3) is 0.333. The summed E-state index contributed by atoms with van der Waals surface area (Å²) in [6, 6.07) is 11.1. The molecule has 0 bridgehead atoms. The summed E-state index contributed by atoms with van der Waals surface area (Å²) in [4.78, 5) is 26.3. The topological polar surface area (TPSA) is 70.7 Å². The number of carbonyl (C=O) groups is 2. The number of anilines is 1. The average molecular weight is 383 g/mol.